The van der Waals surface area contributed by atoms with Crippen LogP contribution in [0.5, 0.6) is 0 Å². The lowest BCUT2D eigenvalue weighted by molar-refractivity contribution is 0.232. The Morgan fingerprint density at radius 2 is 1.19 bits per heavy atom. The molecule has 2 aromatic rings. The Hall–Kier alpha value is -1.67. The summed E-state index contributed by atoms with van der Waals surface area (Å²) in [5, 5.41) is 0. The van der Waals surface area contributed by atoms with E-state index < -0.39 is 5.67 Å². The predicted molar refractivity (Wildman–Crippen MR) is 63.8 cm³/mol. The van der Waals surface area contributed by atoms with Gasteiger partial charge in [0.05, 0.1) is 0 Å². The molecule has 82 valence electrons. The number of nitrogens with two attached hydrogens (primary N) is 1. The van der Waals surface area contributed by atoms with E-state index in [1.54, 1.807) is 24.3 Å². The van der Waals surface area contributed by atoms with Crippen molar-refractivity contribution >= 4 is 0 Å². The fourth-order valence-corrected chi connectivity index (χ4v) is 1.81. The van der Waals surface area contributed by atoms with Gasteiger partial charge in [-0.3, -0.25) is 0 Å². The quantitative estimate of drug-likeness (QED) is 0.837. The second-order valence-corrected chi connectivity index (χ2v) is 3.74. The molecular formula is C14H14FN. The molecule has 2 N–H and O–H groups in total. The first-order chi connectivity index (χ1) is 7.77. The van der Waals surface area contributed by atoms with E-state index in [-0.39, 0.29) is 6.54 Å². The SMILES string of the molecule is NCC(F)(c1ccccc1)c1ccccc1. The number of alkyl halides is 1. The van der Waals surface area contributed by atoms with E-state index in [1.165, 1.54) is 0 Å². The molecule has 16 heavy (non-hydrogen) atoms. The predicted octanol–water partition coefficient (Wildman–Crippen LogP) is 2.86. The summed E-state index contributed by atoms with van der Waals surface area (Å²) in [7, 11) is 0. The minimum atomic E-state index is -1.59. The fraction of sp³-hybridized carbons (Fsp3) is 0.143. The lowest BCUT2D eigenvalue weighted by atomic mass is 9.88. The van der Waals surface area contributed by atoms with Crippen LogP contribution in [-0.4, -0.2) is 6.54 Å². The Morgan fingerprint density at radius 3 is 1.50 bits per heavy atom. The van der Waals surface area contributed by atoms with Gasteiger partial charge in [-0.05, 0) is 11.1 Å². The van der Waals surface area contributed by atoms with Crippen LogP contribution in [0.2, 0.25) is 0 Å². The molecule has 2 heteroatoms. The largest absolute Gasteiger partial charge is 0.327 e. The molecule has 2 rings (SSSR count). The Kier molecular flexibility index (Phi) is 3.02. The Balaban J connectivity index is 2.49. The Labute approximate surface area is 94.7 Å². The van der Waals surface area contributed by atoms with Crippen molar-refractivity contribution in [2.24, 2.45) is 5.73 Å². The topological polar surface area (TPSA) is 26.0 Å². The van der Waals surface area contributed by atoms with E-state index in [1.807, 2.05) is 36.4 Å². The highest BCUT2D eigenvalue weighted by molar-refractivity contribution is 5.36. The van der Waals surface area contributed by atoms with E-state index in [0.29, 0.717) is 11.1 Å². The van der Waals surface area contributed by atoms with E-state index in [0.717, 1.165) is 0 Å². The number of benzene rings is 2. The van der Waals surface area contributed by atoms with Crippen LogP contribution in [0.4, 0.5) is 4.39 Å². The van der Waals surface area contributed by atoms with Crippen molar-refractivity contribution in [2.45, 2.75) is 5.67 Å². The van der Waals surface area contributed by atoms with E-state index in [9.17, 15) is 4.39 Å². The van der Waals surface area contributed by atoms with Gasteiger partial charge in [0.1, 0.15) is 0 Å². The molecular weight excluding hydrogens is 201 g/mol. The van der Waals surface area contributed by atoms with Crippen LogP contribution < -0.4 is 5.73 Å². The number of hydrogen-bond acceptors (Lipinski definition) is 1. The smallest absolute Gasteiger partial charge is 0.173 e. The van der Waals surface area contributed by atoms with E-state index in [4.69, 9.17) is 5.73 Å². The summed E-state index contributed by atoms with van der Waals surface area (Å²) in [6.07, 6.45) is 0. The maximum Gasteiger partial charge on any atom is 0.173 e. The van der Waals surface area contributed by atoms with Crippen LogP contribution in [0, 0.1) is 0 Å². The van der Waals surface area contributed by atoms with Crippen LogP contribution in [0.25, 0.3) is 0 Å². The monoisotopic (exact) mass is 215 g/mol. The van der Waals surface area contributed by atoms with Gasteiger partial charge >= 0.3 is 0 Å². The summed E-state index contributed by atoms with van der Waals surface area (Å²) in [4.78, 5) is 0. The second-order valence-electron chi connectivity index (χ2n) is 3.74. The molecule has 0 bridgehead atoms. The van der Waals surface area contributed by atoms with Crippen LogP contribution in [0.1, 0.15) is 11.1 Å². The molecule has 0 fully saturated rings. The lowest BCUT2D eigenvalue weighted by Crippen LogP contribution is -2.31. The summed E-state index contributed by atoms with van der Waals surface area (Å²) in [5.74, 6) is 0. The van der Waals surface area contributed by atoms with Crippen molar-refractivity contribution in [2.75, 3.05) is 6.54 Å². The first kappa shape index (κ1) is 10.8. The van der Waals surface area contributed by atoms with E-state index in [2.05, 4.69) is 0 Å². The average Bonchev–Trinajstić information content (AvgIpc) is 2.40. The molecule has 0 unspecified atom stereocenters. The van der Waals surface area contributed by atoms with E-state index >= 15 is 0 Å². The second kappa shape index (κ2) is 4.45. The molecule has 0 aliphatic carbocycles. The molecule has 0 saturated carbocycles. The molecule has 0 aliphatic heterocycles. The highest BCUT2D eigenvalue weighted by Gasteiger charge is 2.32. The van der Waals surface area contributed by atoms with Gasteiger partial charge < -0.3 is 5.73 Å². The zero-order valence-corrected chi connectivity index (χ0v) is 8.94. The third-order valence-electron chi connectivity index (χ3n) is 2.74. The van der Waals surface area contributed by atoms with Crippen molar-refractivity contribution < 1.29 is 4.39 Å². The molecule has 1 nitrogen and oxygen atoms in total. The number of halogens is 1. The average molecular weight is 215 g/mol. The van der Waals surface area contributed by atoms with Gasteiger partial charge in [-0.15, -0.1) is 0 Å². The van der Waals surface area contributed by atoms with Crippen molar-refractivity contribution in [3.63, 3.8) is 0 Å². The van der Waals surface area contributed by atoms with Gasteiger partial charge in [0, 0.05) is 6.54 Å². The Morgan fingerprint density at radius 1 is 0.812 bits per heavy atom. The summed E-state index contributed by atoms with van der Waals surface area (Å²) < 4.78 is 14.9. The third-order valence-corrected chi connectivity index (χ3v) is 2.74. The van der Waals surface area contributed by atoms with Gasteiger partial charge in [0.25, 0.3) is 0 Å². The highest BCUT2D eigenvalue weighted by atomic mass is 19.1. The molecule has 0 atom stereocenters. The molecule has 0 spiro atoms. The lowest BCUT2D eigenvalue weighted by Gasteiger charge is -2.24. The molecule has 0 amide bonds. The number of rotatable bonds is 3. The number of hydrogen-bond donors (Lipinski definition) is 1. The van der Waals surface area contributed by atoms with Gasteiger partial charge in [-0.2, -0.15) is 0 Å². The molecule has 2 aromatic carbocycles. The molecule has 0 saturated heterocycles. The van der Waals surface area contributed by atoms with Gasteiger partial charge in [0.2, 0.25) is 0 Å². The van der Waals surface area contributed by atoms with Gasteiger partial charge in [0.15, 0.2) is 5.67 Å². The van der Waals surface area contributed by atoms with Crippen LogP contribution >= 0.6 is 0 Å². The maximum atomic E-state index is 14.9. The molecule has 0 heterocycles. The first-order valence-electron chi connectivity index (χ1n) is 5.27. The molecule has 0 radical (unpaired) electrons. The van der Waals surface area contributed by atoms with Crippen molar-refractivity contribution in [1.82, 2.24) is 0 Å². The van der Waals surface area contributed by atoms with Crippen molar-refractivity contribution in [1.29, 1.82) is 0 Å². The fourth-order valence-electron chi connectivity index (χ4n) is 1.81. The summed E-state index contributed by atoms with van der Waals surface area (Å²) in [6.45, 7) is -0.0545. The standard InChI is InChI=1S/C14H14FN/c15-14(11-16,12-7-3-1-4-8-12)13-9-5-2-6-10-13/h1-10H,11,16H2. The zero-order valence-electron chi connectivity index (χ0n) is 8.94. The minimum absolute atomic E-state index is 0.0545. The molecule has 0 aromatic heterocycles. The van der Waals surface area contributed by atoms with Crippen LogP contribution in [0.3, 0.4) is 0 Å². The van der Waals surface area contributed by atoms with Crippen molar-refractivity contribution in [3.05, 3.63) is 71.8 Å². The van der Waals surface area contributed by atoms with Gasteiger partial charge in [-0.25, -0.2) is 4.39 Å². The van der Waals surface area contributed by atoms with Crippen molar-refractivity contribution in [3.8, 4) is 0 Å². The maximum absolute atomic E-state index is 14.9. The Bertz CT molecular complexity index is 399. The van der Waals surface area contributed by atoms with Gasteiger partial charge in [-0.1, -0.05) is 60.7 Å². The summed E-state index contributed by atoms with van der Waals surface area (Å²) in [6, 6.07) is 18.1. The summed E-state index contributed by atoms with van der Waals surface area (Å²) >= 11 is 0. The van der Waals surface area contributed by atoms with Crippen LogP contribution in [0.15, 0.2) is 60.7 Å². The zero-order chi connectivity index (χ0) is 11.4. The third kappa shape index (κ3) is 1.84. The summed E-state index contributed by atoms with van der Waals surface area (Å²) in [5.41, 5.74) is 5.20. The minimum Gasteiger partial charge on any atom is -0.327 e. The molecule has 0 aliphatic rings. The first-order valence-corrected chi connectivity index (χ1v) is 5.27. The normalized spacial score (nSPS) is 11.4. The van der Waals surface area contributed by atoms with Crippen LogP contribution in [-0.2, 0) is 5.67 Å². The highest BCUT2D eigenvalue weighted by Crippen LogP contribution is 2.32.